The number of hydrogen-bond donors (Lipinski definition) is 1. The summed E-state index contributed by atoms with van der Waals surface area (Å²) in [4.78, 5) is 11.3. The summed E-state index contributed by atoms with van der Waals surface area (Å²) in [5.41, 5.74) is 2.60. The zero-order chi connectivity index (χ0) is 10.8. The third-order valence-electron chi connectivity index (χ3n) is 2.15. The SMILES string of the molecule is CN(C)NC(=O)C[C@@H]1CCS(=O)(=O)C1. The highest BCUT2D eigenvalue weighted by atomic mass is 32.2. The molecule has 0 bridgehead atoms. The van der Waals surface area contributed by atoms with E-state index in [0.29, 0.717) is 12.8 Å². The molecule has 1 saturated heterocycles. The minimum absolute atomic E-state index is 0.0000463. The first-order valence-corrected chi connectivity index (χ1v) is 6.38. The maximum Gasteiger partial charge on any atom is 0.234 e. The van der Waals surface area contributed by atoms with Crippen LogP contribution in [-0.4, -0.2) is 44.9 Å². The van der Waals surface area contributed by atoms with E-state index in [0.717, 1.165) is 0 Å². The summed E-state index contributed by atoms with van der Waals surface area (Å²) in [7, 11) is 0.588. The monoisotopic (exact) mass is 220 g/mol. The van der Waals surface area contributed by atoms with E-state index in [1.807, 2.05) is 0 Å². The summed E-state index contributed by atoms with van der Waals surface area (Å²) < 4.78 is 22.2. The smallest absolute Gasteiger partial charge is 0.234 e. The third kappa shape index (κ3) is 3.63. The molecule has 0 aromatic heterocycles. The van der Waals surface area contributed by atoms with Gasteiger partial charge in [-0.25, -0.2) is 13.4 Å². The zero-order valence-corrected chi connectivity index (χ0v) is 9.30. The molecule has 0 aromatic rings. The Bertz CT molecular complexity index is 311. The lowest BCUT2D eigenvalue weighted by atomic mass is 10.1. The van der Waals surface area contributed by atoms with Gasteiger partial charge in [0.1, 0.15) is 0 Å². The van der Waals surface area contributed by atoms with Gasteiger partial charge in [-0.3, -0.25) is 10.2 Å². The first kappa shape index (κ1) is 11.5. The van der Waals surface area contributed by atoms with Gasteiger partial charge in [-0.15, -0.1) is 0 Å². The van der Waals surface area contributed by atoms with E-state index in [2.05, 4.69) is 5.43 Å². The first-order chi connectivity index (χ1) is 6.39. The van der Waals surface area contributed by atoms with Gasteiger partial charge >= 0.3 is 0 Å². The number of sulfone groups is 1. The Labute approximate surface area is 84.4 Å². The minimum atomic E-state index is -2.86. The summed E-state index contributed by atoms with van der Waals surface area (Å²) in [5.74, 6) is 0.276. The highest BCUT2D eigenvalue weighted by molar-refractivity contribution is 7.91. The second-order valence-electron chi connectivity index (χ2n) is 3.90. The molecule has 0 radical (unpaired) electrons. The lowest BCUT2D eigenvalue weighted by Gasteiger charge is -2.13. The molecule has 1 amide bonds. The molecule has 1 aliphatic heterocycles. The van der Waals surface area contributed by atoms with Crippen LogP contribution in [0.1, 0.15) is 12.8 Å². The van der Waals surface area contributed by atoms with Gasteiger partial charge in [0.05, 0.1) is 11.5 Å². The van der Waals surface area contributed by atoms with Crippen LogP contribution >= 0.6 is 0 Å². The van der Waals surface area contributed by atoms with Crippen LogP contribution in [0, 0.1) is 5.92 Å². The van der Waals surface area contributed by atoms with E-state index in [1.165, 1.54) is 0 Å². The van der Waals surface area contributed by atoms with Crippen molar-refractivity contribution in [2.45, 2.75) is 12.8 Å². The van der Waals surface area contributed by atoms with Crippen LogP contribution in [0.5, 0.6) is 0 Å². The lowest BCUT2D eigenvalue weighted by molar-refractivity contribution is -0.125. The molecule has 1 N–H and O–H groups in total. The van der Waals surface area contributed by atoms with Gasteiger partial charge in [-0.1, -0.05) is 0 Å². The summed E-state index contributed by atoms with van der Waals surface area (Å²) in [6.07, 6.45) is 0.917. The van der Waals surface area contributed by atoms with Gasteiger partial charge in [0, 0.05) is 20.5 Å². The number of rotatable bonds is 3. The van der Waals surface area contributed by atoms with Crippen molar-refractivity contribution in [1.82, 2.24) is 10.4 Å². The van der Waals surface area contributed by atoms with Crippen molar-refractivity contribution in [2.75, 3.05) is 25.6 Å². The van der Waals surface area contributed by atoms with E-state index in [4.69, 9.17) is 0 Å². The number of nitrogens with zero attached hydrogens (tertiary/aromatic N) is 1. The third-order valence-corrected chi connectivity index (χ3v) is 3.99. The minimum Gasteiger partial charge on any atom is -0.289 e. The Kier molecular flexibility index (Phi) is 3.49. The fourth-order valence-corrected chi connectivity index (χ4v) is 3.45. The van der Waals surface area contributed by atoms with E-state index < -0.39 is 9.84 Å². The molecular weight excluding hydrogens is 204 g/mol. The van der Waals surface area contributed by atoms with Crippen molar-refractivity contribution in [2.24, 2.45) is 5.92 Å². The van der Waals surface area contributed by atoms with E-state index in [1.54, 1.807) is 19.1 Å². The summed E-state index contributed by atoms with van der Waals surface area (Å²) in [6, 6.07) is 0. The molecule has 0 saturated carbocycles. The van der Waals surface area contributed by atoms with Gasteiger partial charge in [0.15, 0.2) is 9.84 Å². The van der Waals surface area contributed by atoms with E-state index in [-0.39, 0.29) is 23.3 Å². The van der Waals surface area contributed by atoms with Crippen LogP contribution in [0.3, 0.4) is 0 Å². The Morgan fingerprint density at radius 3 is 2.57 bits per heavy atom. The zero-order valence-electron chi connectivity index (χ0n) is 8.49. The topological polar surface area (TPSA) is 66.5 Å². The van der Waals surface area contributed by atoms with Crippen molar-refractivity contribution in [1.29, 1.82) is 0 Å². The van der Waals surface area contributed by atoms with Gasteiger partial charge in [0.25, 0.3) is 0 Å². The molecule has 1 aliphatic rings. The summed E-state index contributed by atoms with van der Waals surface area (Å²) >= 11 is 0. The molecule has 1 heterocycles. The van der Waals surface area contributed by atoms with Crippen LogP contribution in [0.25, 0.3) is 0 Å². The van der Waals surface area contributed by atoms with Crippen LogP contribution in [0.15, 0.2) is 0 Å². The maximum atomic E-state index is 11.3. The van der Waals surface area contributed by atoms with Crippen molar-refractivity contribution < 1.29 is 13.2 Å². The van der Waals surface area contributed by atoms with Crippen molar-refractivity contribution in [3.05, 3.63) is 0 Å². The van der Waals surface area contributed by atoms with Crippen LogP contribution in [0.4, 0.5) is 0 Å². The van der Waals surface area contributed by atoms with E-state index in [9.17, 15) is 13.2 Å². The normalized spacial score (nSPS) is 25.2. The average Bonchev–Trinajstić information content (AvgIpc) is 2.27. The number of hydrogen-bond acceptors (Lipinski definition) is 4. The van der Waals surface area contributed by atoms with Crippen molar-refractivity contribution in [3.8, 4) is 0 Å². The second kappa shape index (κ2) is 4.27. The Hall–Kier alpha value is -0.620. The predicted molar refractivity (Wildman–Crippen MR) is 53.2 cm³/mol. The van der Waals surface area contributed by atoms with Crippen LogP contribution < -0.4 is 5.43 Å². The van der Waals surface area contributed by atoms with Gasteiger partial charge in [-0.2, -0.15) is 0 Å². The molecule has 0 spiro atoms. The van der Waals surface area contributed by atoms with Crippen LogP contribution in [0.2, 0.25) is 0 Å². The fraction of sp³-hybridized carbons (Fsp3) is 0.875. The molecule has 82 valence electrons. The van der Waals surface area contributed by atoms with Gasteiger partial charge < -0.3 is 0 Å². The summed E-state index contributed by atoms with van der Waals surface area (Å²) in [5, 5.41) is 1.56. The molecular formula is C8H16N2O3S. The van der Waals surface area contributed by atoms with Crippen molar-refractivity contribution in [3.63, 3.8) is 0 Å². The molecule has 1 atom stereocenters. The number of carbonyl (C=O) groups is 1. The fourth-order valence-electron chi connectivity index (χ4n) is 1.59. The quantitative estimate of drug-likeness (QED) is 0.645. The summed E-state index contributed by atoms with van der Waals surface area (Å²) in [6.45, 7) is 0. The molecule has 1 fully saturated rings. The highest BCUT2D eigenvalue weighted by Crippen LogP contribution is 2.21. The molecule has 0 unspecified atom stereocenters. The first-order valence-electron chi connectivity index (χ1n) is 4.56. The molecule has 6 heteroatoms. The van der Waals surface area contributed by atoms with Crippen molar-refractivity contribution >= 4 is 15.7 Å². The Balaban J connectivity index is 2.36. The molecule has 0 aliphatic carbocycles. The average molecular weight is 220 g/mol. The Morgan fingerprint density at radius 2 is 2.14 bits per heavy atom. The van der Waals surface area contributed by atoms with Crippen LogP contribution in [-0.2, 0) is 14.6 Å². The molecule has 0 aromatic carbocycles. The Morgan fingerprint density at radius 1 is 1.50 bits per heavy atom. The van der Waals surface area contributed by atoms with Gasteiger partial charge in [-0.05, 0) is 12.3 Å². The highest BCUT2D eigenvalue weighted by Gasteiger charge is 2.29. The number of hydrazine groups is 1. The standard InChI is InChI=1S/C8H16N2O3S/c1-10(2)9-8(11)5-7-3-4-14(12,13)6-7/h7H,3-6H2,1-2H3,(H,9,11)/t7-/m0/s1. The second-order valence-corrected chi connectivity index (χ2v) is 6.13. The van der Waals surface area contributed by atoms with E-state index >= 15 is 0 Å². The number of amides is 1. The number of carbonyl (C=O) groups excluding carboxylic acids is 1. The lowest BCUT2D eigenvalue weighted by Crippen LogP contribution is -2.37. The molecule has 14 heavy (non-hydrogen) atoms. The largest absolute Gasteiger partial charge is 0.289 e. The predicted octanol–water partition coefficient (Wildman–Crippen LogP) is -0.596. The number of nitrogens with one attached hydrogen (secondary N) is 1. The molecule has 5 nitrogen and oxygen atoms in total. The molecule has 1 rings (SSSR count). The van der Waals surface area contributed by atoms with Gasteiger partial charge in [0.2, 0.25) is 5.91 Å². The maximum absolute atomic E-state index is 11.3.